The zero-order valence-electron chi connectivity index (χ0n) is 28.6. The van der Waals surface area contributed by atoms with Crippen LogP contribution >= 0.6 is 0 Å². The minimum Gasteiger partial charge on any atom is -0.394 e. The van der Waals surface area contributed by atoms with Gasteiger partial charge in [0.15, 0.2) is 6.29 Å². The number of ether oxygens (including phenoxy) is 2. The number of aliphatic hydroxyl groups excluding tert-OH is 5. The molecular formula is C36H69NO8. The molecule has 0 aromatic heterocycles. The Hall–Kier alpha value is -1.07. The molecule has 9 heteroatoms. The van der Waals surface area contributed by atoms with E-state index in [1.165, 1.54) is 96.3 Å². The predicted octanol–water partition coefficient (Wildman–Crippen LogP) is 5.83. The summed E-state index contributed by atoms with van der Waals surface area (Å²) >= 11 is 0. The van der Waals surface area contributed by atoms with Gasteiger partial charge >= 0.3 is 0 Å². The molecule has 1 saturated heterocycles. The zero-order chi connectivity index (χ0) is 33.1. The number of aliphatic hydroxyl groups is 5. The van der Waals surface area contributed by atoms with Gasteiger partial charge in [-0.2, -0.15) is 0 Å². The number of carbonyl (C=O) groups is 1. The van der Waals surface area contributed by atoms with Crippen LogP contribution in [0.3, 0.4) is 0 Å². The van der Waals surface area contributed by atoms with Crippen molar-refractivity contribution in [1.82, 2.24) is 5.32 Å². The number of hydrogen-bond acceptors (Lipinski definition) is 8. The van der Waals surface area contributed by atoms with E-state index in [0.29, 0.717) is 6.42 Å². The SMILES string of the molecule is CCCCCCCCCCCCC/C=C/[C@@H](O)[C@H](CO[C@@H]1O[C@H](CO)[C@@H](O)[C@H](O)[C@H]1O)NC(=O)CCCCCCCCCCC. The molecule has 1 aliphatic rings. The topological polar surface area (TPSA) is 149 Å². The molecule has 9 nitrogen and oxygen atoms in total. The van der Waals surface area contributed by atoms with Gasteiger partial charge in [0.1, 0.15) is 24.4 Å². The van der Waals surface area contributed by atoms with Crippen molar-refractivity contribution in [3.63, 3.8) is 0 Å². The van der Waals surface area contributed by atoms with Crippen molar-refractivity contribution in [2.24, 2.45) is 0 Å². The fourth-order valence-corrected chi connectivity index (χ4v) is 5.80. The van der Waals surface area contributed by atoms with Crippen LogP contribution in [-0.2, 0) is 14.3 Å². The molecule has 7 atom stereocenters. The van der Waals surface area contributed by atoms with Gasteiger partial charge in [0.25, 0.3) is 0 Å². The Labute approximate surface area is 274 Å². The third-order valence-corrected chi connectivity index (χ3v) is 8.86. The Morgan fingerprint density at radius 2 is 1.22 bits per heavy atom. The van der Waals surface area contributed by atoms with Crippen LogP contribution in [0.5, 0.6) is 0 Å². The summed E-state index contributed by atoms with van der Waals surface area (Å²) in [7, 11) is 0. The normalized spacial score (nSPS) is 23.4. The predicted molar refractivity (Wildman–Crippen MR) is 180 cm³/mol. The second kappa shape index (κ2) is 28.0. The van der Waals surface area contributed by atoms with Crippen LogP contribution in [-0.4, -0.2) is 87.5 Å². The molecule has 266 valence electrons. The van der Waals surface area contributed by atoms with Crippen molar-refractivity contribution in [3.05, 3.63) is 12.2 Å². The maximum absolute atomic E-state index is 12.8. The van der Waals surface area contributed by atoms with Crippen LogP contribution in [0.4, 0.5) is 0 Å². The highest BCUT2D eigenvalue weighted by atomic mass is 16.7. The maximum atomic E-state index is 12.8. The molecule has 1 amide bonds. The van der Waals surface area contributed by atoms with Crippen molar-refractivity contribution in [3.8, 4) is 0 Å². The van der Waals surface area contributed by atoms with E-state index >= 15 is 0 Å². The van der Waals surface area contributed by atoms with Crippen molar-refractivity contribution >= 4 is 5.91 Å². The zero-order valence-corrected chi connectivity index (χ0v) is 28.6. The van der Waals surface area contributed by atoms with Crippen LogP contribution in [0.2, 0.25) is 0 Å². The van der Waals surface area contributed by atoms with E-state index in [-0.39, 0.29) is 12.5 Å². The van der Waals surface area contributed by atoms with E-state index in [9.17, 15) is 30.3 Å². The second-order valence-electron chi connectivity index (χ2n) is 13.0. The van der Waals surface area contributed by atoms with E-state index in [2.05, 4.69) is 19.2 Å². The highest BCUT2D eigenvalue weighted by Crippen LogP contribution is 2.22. The summed E-state index contributed by atoms with van der Waals surface area (Å²) in [6, 6.07) is -0.794. The molecule has 0 spiro atoms. The van der Waals surface area contributed by atoms with Gasteiger partial charge in [-0.05, 0) is 19.3 Å². The van der Waals surface area contributed by atoms with Crippen molar-refractivity contribution in [2.75, 3.05) is 13.2 Å². The van der Waals surface area contributed by atoms with Gasteiger partial charge in [-0.3, -0.25) is 4.79 Å². The quantitative estimate of drug-likeness (QED) is 0.0441. The molecule has 0 aromatic rings. The first-order valence-electron chi connectivity index (χ1n) is 18.4. The lowest BCUT2D eigenvalue weighted by Crippen LogP contribution is -2.60. The van der Waals surface area contributed by atoms with E-state index in [1.54, 1.807) is 6.08 Å². The third-order valence-electron chi connectivity index (χ3n) is 8.86. The van der Waals surface area contributed by atoms with E-state index < -0.39 is 49.5 Å². The molecular weight excluding hydrogens is 574 g/mol. The summed E-state index contributed by atoms with van der Waals surface area (Å²) in [5.41, 5.74) is 0. The smallest absolute Gasteiger partial charge is 0.220 e. The van der Waals surface area contributed by atoms with Gasteiger partial charge in [-0.1, -0.05) is 142 Å². The van der Waals surface area contributed by atoms with Crippen LogP contribution in [0.25, 0.3) is 0 Å². The molecule has 1 rings (SSSR count). The standard InChI is InChI=1S/C36H69NO8/c1-3-5-7-9-11-13-14-15-16-18-19-21-23-25-30(39)29(28-44-36-35(43)34(42)33(41)31(27-38)45-36)37-32(40)26-24-22-20-17-12-10-8-6-4-2/h23,25,29-31,33-36,38-39,41-43H,3-22,24,26-28H2,1-2H3,(H,37,40)/b25-23+/t29-,30+,31+,33+,34-,35+,36+/m0/s1. The summed E-state index contributed by atoms with van der Waals surface area (Å²) in [4.78, 5) is 12.8. The summed E-state index contributed by atoms with van der Waals surface area (Å²) in [5, 5.41) is 53.7. The first kappa shape index (κ1) is 42.0. The molecule has 45 heavy (non-hydrogen) atoms. The number of nitrogens with one attached hydrogen (secondary N) is 1. The van der Waals surface area contributed by atoms with Crippen LogP contribution in [0.15, 0.2) is 12.2 Å². The highest BCUT2D eigenvalue weighted by molar-refractivity contribution is 5.76. The van der Waals surface area contributed by atoms with Gasteiger partial charge in [-0.25, -0.2) is 0 Å². The Morgan fingerprint density at radius 3 is 1.73 bits per heavy atom. The minimum absolute atomic E-state index is 0.182. The lowest BCUT2D eigenvalue weighted by atomic mass is 9.99. The van der Waals surface area contributed by atoms with Crippen LogP contribution < -0.4 is 5.32 Å². The van der Waals surface area contributed by atoms with Gasteiger partial charge in [0, 0.05) is 6.42 Å². The van der Waals surface area contributed by atoms with Gasteiger partial charge < -0.3 is 40.3 Å². The third kappa shape index (κ3) is 20.0. The van der Waals surface area contributed by atoms with Crippen molar-refractivity contribution in [2.45, 2.75) is 198 Å². The summed E-state index contributed by atoms with van der Waals surface area (Å²) < 4.78 is 11.1. The molecule has 1 aliphatic heterocycles. The van der Waals surface area contributed by atoms with Gasteiger partial charge in [-0.15, -0.1) is 0 Å². The van der Waals surface area contributed by atoms with Crippen LogP contribution in [0, 0.1) is 0 Å². The lowest BCUT2D eigenvalue weighted by molar-refractivity contribution is -0.302. The maximum Gasteiger partial charge on any atom is 0.220 e. The number of rotatable bonds is 29. The monoisotopic (exact) mass is 644 g/mol. The van der Waals surface area contributed by atoms with E-state index in [4.69, 9.17) is 9.47 Å². The van der Waals surface area contributed by atoms with E-state index in [0.717, 1.165) is 38.5 Å². The fraction of sp³-hybridized carbons (Fsp3) is 0.917. The summed E-state index contributed by atoms with van der Waals surface area (Å²) in [6.07, 6.45) is 21.1. The molecule has 1 fully saturated rings. The summed E-state index contributed by atoms with van der Waals surface area (Å²) in [6.45, 7) is 3.71. The Bertz CT molecular complexity index is 721. The first-order chi connectivity index (χ1) is 21.8. The number of amides is 1. The second-order valence-corrected chi connectivity index (χ2v) is 13.0. The number of carbonyl (C=O) groups excluding carboxylic acids is 1. The number of unbranched alkanes of at least 4 members (excludes halogenated alkanes) is 19. The Morgan fingerprint density at radius 1 is 0.733 bits per heavy atom. The number of allylic oxidation sites excluding steroid dienone is 1. The first-order valence-corrected chi connectivity index (χ1v) is 18.4. The van der Waals surface area contributed by atoms with Crippen molar-refractivity contribution < 1.29 is 39.8 Å². The molecule has 0 unspecified atom stereocenters. The highest BCUT2D eigenvalue weighted by Gasteiger charge is 2.44. The molecule has 1 heterocycles. The molecule has 6 N–H and O–H groups in total. The van der Waals surface area contributed by atoms with Crippen molar-refractivity contribution in [1.29, 1.82) is 0 Å². The van der Waals surface area contributed by atoms with Crippen LogP contribution in [0.1, 0.15) is 155 Å². The molecule has 0 bridgehead atoms. The Balaban J connectivity index is 2.49. The van der Waals surface area contributed by atoms with E-state index in [1.807, 2.05) is 6.08 Å². The number of hydrogen-bond donors (Lipinski definition) is 6. The molecule has 0 radical (unpaired) electrons. The lowest BCUT2D eigenvalue weighted by Gasteiger charge is -2.40. The van der Waals surface area contributed by atoms with Gasteiger partial charge in [0.05, 0.1) is 25.4 Å². The Kier molecular flexibility index (Phi) is 26.1. The van der Waals surface area contributed by atoms with Gasteiger partial charge in [0.2, 0.25) is 5.91 Å². The summed E-state index contributed by atoms with van der Waals surface area (Å²) in [5.74, 6) is -0.182. The molecule has 0 aliphatic carbocycles. The average molecular weight is 644 g/mol. The minimum atomic E-state index is -1.56. The average Bonchev–Trinajstić information content (AvgIpc) is 3.04. The largest absolute Gasteiger partial charge is 0.394 e. The molecule has 0 aromatic carbocycles. The fourth-order valence-electron chi connectivity index (χ4n) is 5.80. The molecule has 0 saturated carbocycles.